The Morgan fingerprint density at radius 2 is 1.90 bits per heavy atom. The van der Waals surface area contributed by atoms with Gasteiger partial charge in [-0.3, -0.25) is 19.6 Å². The van der Waals surface area contributed by atoms with Crippen LogP contribution >= 0.6 is 22.6 Å². The number of likely N-dealkylation sites (N-methyl/N-ethyl adjacent to an activating group) is 2. The highest BCUT2D eigenvalue weighted by Gasteiger charge is 2.47. The molecule has 9 heteroatoms. The normalized spacial score (nSPS) is 20.0. The highest BCUT2D eigenvalue weighted by Crippen LogP contribution is 2.33. The van der Waals surface area contributed by atoms with Crippen LogP contribution in [0.1, 0.15) is 29.3 Å². The van der Waals surface area contributed by atoms with E-state index in [9.17, 15) is 14.4 Å². The lowest BCUT2D eigenvalue weighted by Gasteiger charge is -2.34. The second kappa shape index (κ2) is 9.71. The molecule has 1 aliphatic carbocycles. The van der Waals surface area contributed by atoms with Gasteiger partial charge in [-0.2, -0.15) is 0 Å². The Morgan fingerprint density at radius 1 is 1.27 bits per heavy atom. The van der Waals surface area contributed by atoms with Gasteiger partial charge in [-0.05, 0) is 36.6 Å². The van der Waals surface area contributed by atoms with Crippen LogP contribution in [0.4, 0.5) is 0 Å². The molecule has 0 saturated heterocycles. The molecule has 8 nitrogen and oxygen atoms in total. The largest absolute Gasteiger partial charge is 0.383 e. The third-order valence-electron chi connectivity index (χ3n) is 5.26. The highest BCUT2D eigenvalue weighted by atomic mass is 127. The van der Waals surface area contributed by atoms with Crippen LogP contribution in [0.2, 0.25) is 0 Å². The summed E-state index contributed by atoms with van der Waals surface area (Å²) >= 11 is 2.37. The molecule has 2 atom stereocenters. The number of hydroxylamine groups is 1. The lowest BCUT2D eigenvalue weighted by molar-refractivity contribution is -0.148. The Balaban J connectivity index is 2.23. The zero-order valence-electron chi connectivity index (χ0n) is 17.4. The molecule has 3 N–H and O–H groups in total. The van der Waals surface area contributed by atoms with Gasteiger partial charge in [0.25, 0.3) is 17.7 Å². The molecule has 0 saturated carbocycles. The van der Waals surface area contributed by atoms with Crippen molar-refractivity contribution in [3.8, 4) is 0 Å². The molecule has 1 aromatic rings. The van der Waals surface area contributed by atoms with Crippen LogP contribution in [0, 0.1) is 0 Å². The minimum Gasteiger partial charge on any atom is -0.383 e. The van der Waals surface area contributed by atoms with E-state index in [1.807, 2.05) is 18.2 Å². The van der Waals surface area contributed by atoms with E-state index in [1.54, 1.807) is 19.2 Å². The molecule has 1 aliphatic rings. The molecule has 0 aliphatic heterocycles. The maximum atomic E-state index is 12.9. The van der Waals surface area contributed by atoms with E-state index in [2.05, 4.69) is 40.1 Å². The predicted molar refractivity (Wildman–Crippen MR) is 121 cm³/mol. The number of carbonyl (C=O) groups excluding carboxylic acids is 3. The topological polar surface area (TPSA) is 108 Å². The molecular weight excluding hydrogens is 501 g/mol. The van der Waals surface area contributed by atoms with Crippen molar-refractivity contribution >= 4 is 45.9 Å². The monoisotopic (exact) mass is 527 g/mol. The smallest absolute Gasteiger partial charge is 0.278 e. The number of amides is 3. The predicted octanol–water partition coefficient (Wildman–Crippen LogP) is 1.93. The number of halogens is 1. The van der Waals surface area contributed by atoms with E-state index in [0.29, 0.717) is 12.2 Å². The summed E-state index contributed by atoms with van der Waals surface area (Å²) in [4.78, 5) is 38.3. The maximum Gasteiger partial charge on any atom is 0.278 e. The van der Waals surface area contributed by atoms with E-state index in [1.165, 1.54) is 26.5 Å². The minimum atomic E-state index is -1.92. The number of carbonyl (C=O) groups is 3. The van der Waals surface area contributed by atoms with Gasteiger partial charge in [0, 0.05) is 26.8 Å². The van der Waals surface area contributed by atoms with Crippen molar-refractivity contribution in [1.29, 1.82) is 0 Å². The summed E-state index contributed by atoms with van der Waals surface area (Å²) in [5.74, 6) is -2.27. The number of rotatable bonds is 7. The zero-order chi connectivity index (χ0) is 22.5. The Labute approximate surface area is 189 Å². The highest BCUT2D eigenvalue weighted by molar-refractivity contribution is 14.1. The molecule has 1 unspecified atom stereocenters. The first kappa shape index (κ1) is 24.0. The second-order valence-corrected chi connectivity index (χ2v) is 9.35. The van der Waals surface area contributed by atoms with E-state index in [-0.39, 0.29) is 3.42 Å². The number of hydrogen-bond donors (Lipinski definition) is 3. The number of hydrogen-bond acceptors (Lipinski definition) is 5. The Bertz CT molecular complexity index is 865. The van der Waals surface area contributed by atoms with Crippen molar-refractivity contribution in [2.45, 2.75) is 22.3 Å². The third kappa shape index (κ3) is 4.73. The fourth-order valence-electron chi connectivity index (χ4n) is 3.18. The number of methoxy groups -OCH3 is 1. The van der Waals surface area contributed by atoms with Crippen LogP contribution in [0.25, 0.3) is 5.57 Å². The van der Waals surface area contributed by atoms with E-state index in [0.717, 1.165) is 22.5 Å². The Morgan fingerprint density at radius 3 is 2.37 bits per heavy atom. The molecule has 0 radical (unpaired) electrons. The summed E-state index contributed by atoms with van der Waals surface area (Å²) in [6.07, 6.45) is 7.10. The van der Waals surface area contributed by atoms with Gasteiger partial charge in [-0.25, -0.2) is 5.48 Å². The molecule has 162 valence electrons. The summed E-state index contributed by atoms with van der Waals surface area (Å²) in [6, 6.07) is 6.92. The average Bonchev–Trinajstić information content (AvgIpc) is 2.77. The van der Waals surface area contributed by atoms with Gasteiger partial charge < -0.3 is 15.0 Å². The van der Waals surface area contributed by atoms with Crippen LogP contribution in [0.3, 0.4) is 0 Å². The van der Waals surface area contributed by atoms with Crippen molar-refractivity contribution in [2.24, 2.45) is 0 Å². The molecule has 1 aromatic carbocycles. The second-order valence-electron chi connectivity index (χ2n) is 7.20. The van der Waals surface area contributed by atoms with Gasteiger partial charge in [-0.15, -0.1) is 0 Å². The summed E-state index contributed by atoms with van der Waals surface area (Å²) in [7, 11) is 4.36. The number of allylic oxidation sites excluding steroid dienone is 3. The summed E-state index contributed by atoms with van der Waals surface area (Å²) < 4.78 is 5.20. The number of benzene rings is 1. The molecule has 0 aromatic heterocycles. The lowest BCUT2D eigenvalue weighted by Crippen LogP contribution is -2.64. The first-order chi connectivity index (χ1) is 14.1. The lowest BCUT2D eigenvalue weighted by atomic mass is 9.92. The molecule has 0 spiro atoms. The van der Waals surface area contributed by atoms with Crippen LogP contribution in [-0.2, 0) is 14.3 Å². The van der Waals surface area contributed by atoms with E-state index >= 15 is 0 Å². The Hall–Kier alpha value is -2.24. The fraction of sp³-hybridized carbons (Fsp3) is 0.381. The van der Waals surface area contributed by atoms with Crippen LogP contribution in [0.15, 0.2) is 42.5 Å². The molecule has 3 amide bonds. The van der Waals surface area contributed by atoms with Crippen molar-refractivity contribution in [1.82, 2.24) is 15.7 Å². The molecule has 30 heavy (non-hydrogen) atoms. The van der Waals surface area contributed by atoms with Crippen LogP contribution in [-0.4, -0.2) is 64.6 Å². The molecule has 0 bridgehead atoms. The van der Waals surface area contributed by atoms with Crippen LogP contribution in [0.5, 0.6) is 0 Å². The van der Waals surface area contributed by atoms with Gasteiger partial charge >= 0.3 is 0 Å². The fourth-order valence-corrected chi connectivity index (χ4v) is 3.89. The van der Waals surface area contributed by atoms with Gasteiger partial charge in [0.15, 0.2) is 5.54 Å². The number of nitrogens with zero attached hydrogens (tertiary/aromatic N) is 1. The van der Waals surface area contributed by atoms with Gasteiger partial charge in [0.2, 0.25) is 0 Å². The van der Waals surface area contributed by atoms with Gasteiger partial charge in [0.05, 0.1) is 10.0 Å². The zero-order valence-corrected chi connectivity index (χ0v) is 19.5. The van der Waals surface area contributed by atoms with Crippen LogP contribution < -0.4 is 10.8 Å². The SMILES string of the molecule is CNC(=O)[C@@](C)(C(=O)NO)N(C)C(=O)c1ccc(C2=CCC(I)(COC)C=C2)cc1. The summed E-state index contributed by atoms with van der Waals surface area (Å²) in [5.41, 5.74) is 1.84. The van der Waals surface area contributed by atoms with Crippen molar-refractivity contribution in [3.63, 3.8) is 0 Å². The van der Waals surface area contributed by atoms with Crippen molar-refractivity contribution in [3.05, 3.63) is 53.6 Å². The van der Waals surface area contributed by atoms with Crippen molar-refractivity contribution < 1.29 is 24.3 Å². The molecular formula is C21H26IN3O5. The summed E-state index contributed by atoms with van der Waals surface area (Å²) in [6.45, 7) is 1.89. The third-order valence-corrected chi connectivity index (χ3v) is 6.37. The Kier molecular flexibility index (Phi) is 7.78. The van der Waals surface area contributed by atoms with Crippen molar-refractivity contribution in [2.75, 3.05) is 27.8 Å². The number of ether oxygens (including phenoxy) is 1. The van der Waals surface area contributed by atoms with Gasteiger partial charge in [-0.1, -0.05) is 53.0 Å². The van der Waals surface area contributed by atoms with Gasteiger partial charge in [0.1, 0.15) is 0 Å². The minimum absolute atomic E-state index is 0.0633. The molecule has 0 heterocycles. The number of nitrogens with one attached hydrogen (secondary N) is 2. The maximum absolute atomic E-state index is 12.9. The first-order valence-corrected chi connectivity index (χ1v) is 10.3. The number of alkyl halides is 1. The van der Waals surface area contributed by atoms with E-state index < -0.39 is 23.3 Å². The molecule has 2 rings (SSSR count). The first-order valence-electron chi connectivity index (χ1n) is 9.25. The standard InChI is InChI=1S/C21H26IN3O5/c1-20(18(27)23-2,19(28)24-29)25(3)17(26)16-7-5-14(6-8-16)15-9-11-21(22,12-10-15)13-30-4/h5-11,29H,12-13H2,1-4H3,(H,23,27)(H,24,28)/t20-,21?/m0/s1. The quantitative estimate of drug-likeness (QED) is 0.165. The van der Waals surface area contributed by atoms with E-state index in [4.69, 9.17) is 9.94 Å². The summed E-state index contributed by atoms with van der Waals surface area (Å²) in [5, 5.41) is 11.4. The average molecular weight is 527 g/mol. The molecule has 0 fully saturated rings.